The molecule has 0 amide bonds. The summed E-state index contributed by atoms with van der Waals surface area (Å²) in [4.78, 5) is 3.98. The van der Waals surface area contributed by atoms with Crippen LogP contribution in [-0.2, 0) is 4.74 Å². The fraction of sp³-hybridized carbons (Fsp3) is 0.500. The topological polar surface area (TPSA) is 52.3 Å². The van der Waals surface area contributed by atoms with E-state index in [0.29, 0.717) is 23.3 Å². The molecule has 0 saturated carbocycles. The molecule has 16 heavy (non-hydrogen) atoms. The number of hydrogen-bond acceptors (Lipinski definition) is 4. The molecule has 1 fully saturated rings. The minimum Gasteiger partial charge on any atom is -0.381 e. The largest absolute Gasteiger partial charge is 0.381 e. The molecule has 6 heteroatoms. The number of nitrogens with zero attached hydrogens (tertiary/aromatic N) is 4. The lowest BCUT2D eigenvalue weighted by molar-refractivity contribution is 0.0777. The van der Waals surface area contributed by atoms with Crippen molar-refractivity contribution in [3.05, 3.63) is 23.4 Å². The van der Waals surface area contributed by atoms with E-state index >= 15 is 0 Å². The zero-order valence-corrected chi connectivity index (χ0v) is 9.39. The van der Waals surface area contributed by atoms with E-state index in [1.807, 2.05) is 10.6 Å². The van der Waals surface area contributed by atoms with Gasteiger partial charge in [0.25, 0.3) is 0 Å². The Bertz CT molecular complexity index is 506. The first-order chi connectivity index (χ1) is 7.86. The maximum atomic E-state index is 5.94. The SMILES string of the molecule is Clc1nccn2c(C3CCCOC3)nnc12. The van der Waals surface area contributed by atoms with Gasteiger partial charge in [0.2, 0.25) is 0 Å². The summed E-state index contributed by atoms with van der Waals surface area (Å²) >= 11 is 5.94. The van der Waals surface area contributed by atoms with E-state index in [1.54, 1.807) is 6.20 Å². The number of aromatic nitrogens is 4. The van der Waals surface area contributed by atoms with Gasteiger partial charge in [-0.3, -0.25) is 4.40 Å². The van der Waals surface area contributed by atoms with Crippen molar-refractivity contribution in [1.29, 1.82) is 0 Å². The lowest BCUT2D eigenvalue weighted by atomic mass is 10.0. The number of ether oxygens (including phenoxy) is 1. The molecule has 3 heterocycles. The zero-order valence-electron chi connectivity index (χ0n) is 8.64. The van der Waals surface area contributed by atoms with E-state index in [1.165, 1.54) is 0 Å². The molecular weight excluding hydrogens is 228 g/mol. The summed E-state index contributed by atoms with van der Waals surface area (Å²) in [5.74, 6) is 1.22. The molecule has 0 spiro atoms. The van der Waals surface area contributed by atoms with Gasteiger partial charge in [-0.15, -0.1) is 10.2 Å². The Labute approximate surface area is 97.4 Å². The van der Waals surface area contributed by atoms with Gasteiger partial charge in [0.1, 0.15) is 5.82 Å². The molecule has 1 aliphatic rings. The van der Waals surface area contributed by atoms with Crippen molar-refractivity contribution in [3.63, 3.8) is 0 Å². The fourth-order valence-electron chi connectivity index (χ4n) is 2.04. The lowest BCUT2D eigenvalue weighted by Gasteiger charge is -2.20. The highest BCUT2D eigenvalue weighted by molar-refractivity contribution is 6.32. The van der Waals surface area contributed by atoms with Crippen LogP contribution in [0, 0.1) is 0 Å². The van der Waals surface area contributed by atoms with Crippen LogP contribution >= 0.6 is 11.6 Å². The Morgan fingerprint density at radius 1 is 1.44 bits per heavy atom. The first-order valence-electron chi connectivity index (χ1n) is 5.29. The van der Waals surface area contributed by atoms with Gasteiger partial charge < -0.3 is 4.74 Å². The standard InChI is InChI=1S/C10H11ClN4O/c11-8-10-14-13-9(15(10)4-3-12-8)7-2-1-5-16-6-7/h3-4,7H,1-2,5-6H2. The van der Waals surface area contributed by atoms with Gasteiger partial charge in [-0.2, -0.15) is 0 Å². The molecule has 1 atom stereocenters. The van der Waals surface area contributed by atoms with Gasteiger partial charge in [-0.25, -0.2) is 4.98 Å². The molecule has 1 unspecified atom stereocenters. The van der Waals surface area contributed by atoms with Gasteiger partial charge in [0, 0.05) is 24.9 Å². The molecule has 0 radical (unpaired) electrons. The van der Waals surface area contributed by atoms with E-state index in [2.05, 4.69) is 15.2 Å². The number of halogens is 1. The molecule has 2 aromatic heterocycles. The summed E-state index contributed by atoms with van der Waals surface area (Å²) in [5.41, 5.74) is 0.616. The summed E-state index contributed by atoms with van der Waals surface area (Å²) in [6.45, 7) is 1.55. The van der Waals surface area contributed by atoms with E-state index in [4.69, 9.17) is 16.3 Å². The van der Waals surface area contributed by atoms with Crippen LogP contribution in [0.5, 0.6) is 0 Å². The lowest BCUT2D eigenvalue weighted by Crippen LogP contribution is -2.17. The van der Waals surface area contributed by atoms with Crippen LogP contribution in [0.15, 0.2) is 12.4 Å². The van der Waals surface area contributed by atoms with Gasteiger partial charge in [-0.1, -0.05) is 11.6 Å². The second kappa shape index (κ2) is 3.99. The summed E-state index contributed by atoms with van der Waals surface area (Å²) in [6.07, 6.45) is 5.65. The number of rotatable bonds is 1. The predicted octanol–water partition coefficient (Wildman–Crippen LogP) is 1.67. The molecule has 1 saturated heterocycles. The van der Waals surface area contributed by atoms with Crippen LogP contribution in [0.4, 0.5) is 0 Å². The Morgan fingerprint density at radius 3 is 3.19 bits per heavy atom. The normalized spacial score (nSPS) is 21.4. The maximum Gasteiger partial charge on any atom is 0.198 e. The summed E-state index contributed by atoms with van der Waals surface area (Å²) in [5, 5.41) is 8.63. The Kier molecular flexibility index (Phi) is 2.49. The van der Waals surface area contributed by atoms with Crippen molar-refractivity contribution in [2.45, 2.75) is 18.8 Å². The molecule has 84 valence electrons. The summed E-state index contributed by atoms with van der Waals surface area (Å²) < 4.78 is 7.35. The van der Waals surface area contributed by atoms with Crippen LogP contribution < -0.4 is 0 Å². The van der Waals surface area contributed by atoms with Crippen molar-refractivity contribution in [2.24, 2.45) is 0 Å². The highest BCUT2D eigenvalue weighted by atomic mass is 35.5. The quantitative estimate of drug-likeness (QED) is 0.759. The zero-order chi connectivity index (χ0) is 11.0. The third-order valence-electron chi connectivity index (χ3n) is 2.84. The molecule has 3 rings (SSSR count). The van der Waals surface area contributed by atoms with Crippen molar-refractivity contribution in [2.75, 3.05) is 13.2 Å². The number of hydrogen-bond donors (Lipinski definition) is 0. The van der Waals surface area contributed by atoms with Crippen molar-refractivity contribution in [1.82, 2.24) is 19.6 Å². The Hall–Kier alpha value is -1.20. The molecule has 5 nitrogen and oxygen atoms in total. The molecule has 0 aromatic carbocycles. The van der Waals surface area contributed by atoms with E-state index in [0.717, 1.165) is 25.3 Å². The first kappa shape index (κ1) is 9.99. The van der Waals surface area contributed by atoms with Crippen LogP contribution in [0.1, 0.15) is 24.6 Å². The van der Waals surface area contributed by atoms with Crippen LogP contribution in [0.25, 0.3) is 5.65 Å². The molecule has 1 aliphatic heterocycles. The van der Waals surface area contributed by atoms with E-state index < -0.39 is 0 Å². The second-order valence-electron chi connectivity index (χ2n) is 3.88. The highest BCUT2D eigenvalue weighted by Crippen LogP contribution is 2.25. The smallest absolute Gasteiger partial charge is 0.198 e. The minimum atomic E-state index is 0.308. The molecule has 0 N–H and O–H groups in total. The van der Waals surface area contributed by atoms with Gasteiger partial charge in [0.15, 0.2) is 10.8 Å². The monoisotopic (exact) mass is 238 g/mol. The van der Waals surface area contributed by atoms with E-state index in [9.17, 15) is 0 Å². The van der Waals surface area contributed by atoms with Crippen molar-refractivity contribution in [3.8, 4) is 0 Å². The number of fused-ring (bicyclic) bond motifs is 1. The molecular formula is C10H11ClN4O. The third-order valence-corrected chi connectivity index (χ3v) is 3.10. The molecule has 0 aliphatic carbocycles. The minimum absolute atomic E-state index is 0.308. The van der Waals surface area contributed by atoms with Gasteiger partial charge >= 0.3 is 0 Å². The van der Waals surface area contributed by atoms with Crippen molar-refractivity contribution < 1.29 is 4.74 Å². The van der Waals surface area contributed by atoms with Crippen molar-refractivity contribution >= 4 is 17.2 Å². The Balaban J connectivity index is 2.06. The van der Waals surface area contributed by atoms with Gasteiger partial charge in [0.05, 0.1) is 6.61 Å². The average molecular weight is 239 g/mol. The molecule has 0 bridgehead atoms. The Morgan fingerprint density at radius 2 is 2.38 bits per heavy atom. The van der Waals surface area contributed by atoms with Gasteiger partial charge in [-0.05, 0) is 12.8 Å². The maximum absolute atomic E-state index is 5.94. The fourth-order valence-corrected chi connectivity index (χ4v) is 2.22. The van der Waals surface area contributed by atoms with Crippen LogP contribution in [-0.4, -0.2) is 32.8 Å². The predicted molar refractivity (Wildman–Crippen MR) is 58.6 cm³/mol. The van der Waals surface area contributed by atoms with Crippen LogP contribution in [0.3, 0.4) is 0 Å². The highest BCUT2D eigenvalue weighted by Gasteiger charge is 2.21. The average Bonchev–Trinajstić information content (AvgIpc) is 2.75. The van der Waals surface area contributed by atoms with Crippen LogP contribution in [0.2, 0.25) is 5.15 Å². The third kappa shape index (κ3) is 1.56. The summed E-state index contributed by atoms with van der Waals surface area (Å²) in [7, 11) is 0. The summed E-state index contributed by atoms with van der Waals surface area (Å²) in [6, 6.07) is 0. The first-order valence-corrected chi connectivity index (χ1v) is 5.67. The second-order valence-corrected chi connectivity index (χ2v) is 4.24. The molecule has 2 aromatic rings. The van der Waals surface area contributed by atoms with E-state index in [-0.39, 0.29) is 0 Å².